The molecule has 0 saturated heterocycles. The highest BCUT2D eigenvalue weighted by Crippen LogP contribution is 2.45. The van der Waals surface area contributed by atoms with E-state index in [1.807, 2.05) is 18.2 Å². The molecular weight excluding hydrogens is 202 g/mol. The monoisotopic (exact) mass is 221 g/mol. The van der Waals surface area contributed by atoms with Gasteiger partial charge >= 0.3 is 0 Å². The smallest absolute Gasteiger partial charge is 0.123 e. The van der Waals surface area contributed by atoms with Gasteiger partial charge in [-0.2, -0.15) is 0 Å². The molecule has 0 aromatic heterocycles. The molecule has 0 radical (unpaired) electrons. The Bertz CT molecular complexity index is 378. The summed E-state index contributed by atoms with van der Waals surface area (Å²) in [7, 11) is 0. The lowest BCUT2D eigenvalue weighted by molar-refractivity contribution is 0.0281. The molecule has 3 heteroatoms. The van der Waals surface area contributed by atoms with Crippen LogP contribution >= 0.6 is 0 Å². The highest BCUT2D eigenvalue weighted by Gasteiger charge is 2.27. The van der Waals surface area contributed by atoms with Crippen molar-refractivity contribution in [2.24, 2.45) is 0 Å². The van der Waals surface area contributed by atoms with E-state index in [1.54, 1.807) is 13.8 Å². The first kappa shape index (κ1) is 11.3. The molecule has 88 valence electrons. The normalized spacial score (nSPS) is 16.2. The fraction of sp³-hybridized carbons (Fsp3) is 0.538. The molecule has 1 fully saturated rings. The Balaban J connectivity index is 2.13. The number of anilines is 1. The summed E-state index contributed by atoms with van der Waals surface area (Å²) in [5.74, 6) is 1.46. The van der Waals surface area contributed by atoms with Gasteiger partial charge in [0.2, 0.25) is 0 Å². The Morgan fingerprint density at radius 1 is 1.44 bits per heavy atom. The van der Waals surface area contributed by atoms with Crippen LogP contribution in [0.15, 0.2) is 18.2 Å². The molecule has 2 rings (SSSR count). The van der Waals surface area contributed by atoms with Crippen LogP contribution in [0, 0.1) is 0 Å². The van der Waals surface area contributed by atoms with Crippen molar-refractivity contribution in [2.45, 2.75) is 38.2 Å². The van der Waals surface area contributed by atoms with Crippen molar-refractivity contribution >= 4 is 5.69 Å². The lowest BCUT2D eigenvalue weighted by atomic mass is 10.1. The second-order valence-electron chi connectivity index (χ2n) is 5.17. The summed E-state index contributed by atoms with van der Waals surface area (Å²) in [6.07, 6.45) is 2.42. The lowest BCUT2D eigenvalue weighted by Gasteiger charge is -2.19. The predicted molar refractivity (Wildman–Crippen MR) is 64.6 cm³/mol. The van der Waals surface area contributed by atoms with Gasteiger partial charge in [-0.3, -0.25) is 0 Å². The first-order chi connectivity index (χ1) is 7.46. The van der Waals surface area contributed by atoms with Gasteiger partial charge in [-0.25, -0.2) is 0 Å². The summed E-state index contributed by atoms with van der Waals surface area (Å²) in [5.41, 5.74) is 6.93. The molecule has 1 saturated carbocycles. The van der Waals surface area contributed by atoms with E-state index in [2.05, 4.69) is 0 Å². The molecule has 0 bridgehead atoms. The largest absolute Gasteiger partial charge is 0.490 e. The molecule has 1 aliphatic carbocycles. The molecule has 3 nitrogen and oxygen atoms in total. The zero-order valence-corrected chi connectivity index (χ0v) is 9.86. The molecule has 1 aliphatic rings. The van der Waals surface area contributed by atoms with Crippen LogP contribution in [-0.4, -0.2) is 17.3 Å². The fourth-order valence-electron chi connectivity index (χ4n) is 1.67. The quantitative estimate of drug-likeness (QED) is 0.767. The summed E-state index contributed by atoms with van der Waals surface area (Å²) in [6, 6.07) is 5.72. The van der Waals surface area contributed by atoms with Gasteiger partial charge in [0.25, 0.3) is 0 Å². The lowest BCUT2D eigenvalue weighted by Crippen LogP contribution is -2.28. The number of benzene rings is 1. The molecule has 0 heterocycles. The van der Waals surface area contributed by atoms with Crippen molar-refractivity contribution in [1.29, 1.82) is 0 Å². The van der Waals surface area contributed by atoms with Crippen LogP contribution in [0.5, 0.6) is 5.75 Å². The first-order valence-electron chi connectivity index (χ1n) is 5.70. The van der Waals surface area contributed by atoms with Gasteiger partial charge < -0.3 is 15.6 Å². The zero-order chi connectivity index (χ0) is 11.8. The van der Waals surface area contributed by atoms with Crippen LogP contribution in [0.4, 0.5) is 5.69 Å². The number of nitrogens with two attached hydrogens (primary N) is 1. The molecule has 3 N–H and O–H groups in total. The number of aliphatic hydroxyl groups is 1. The Labute approximate surface area is 96.2 Å². The van der Waals surface area contributed by atoms with Crippen molar-refractivity contribution in [1.82, 2.24) is 0 Å². The third-order valence-corrected chi connectivity index (χ3v) is 2.63. The average molecular weight is 221 g/mol. The van der Waals surface area contributed by atoms with E-state index in [9.17, 15) is 5.11 Å². The van der Waals surface area contributed by atoms with Crippen molar-refractivity contribution < 1.29 is 9.84 Å². The third-order valence-electron chi connectivity index (χ3n) is 2.63. The van der Waals surface area contributed by atoms with E-state index < -0.39 is 5.60 Å². The molecule has 1 aromatic rings. The minimum atomic E-state index is -0.803. The van der Waals surface area contributed by atoms with Crippen molar-refractivity contribution in [3.8, 4) is 5.75 Å². The molecule has 0 amide bonds. The minimum Gasteiger partial charge on any atom is -0.490 e. The highest BCUT2D eigenvalue weighted by molar-refractivity contribution is 5.50. The van der Waals surface area contributed by atoms with Gasteiger partial charge in [0.15, 0.2) is 0 Å². The second-order valence-corrected chi connectivity index (χ2v) is 5.17. The summed E-state index contributed by atoms with van der Waals surface area (Å²) in [6.45, 7) is 3.78. The molecule has 0 atom stereocenters. The first-order valence-corrected chi connectivity index (χ1v) is 5.70. The zero-order valence-electron chi connectivity index (χ0n) is 9.86. The van der Waals surface area contributed by atoms with Crippen LogP contribution in [0.2, 0.25) is 0 Å². The Hall–Kier alpha value is -1.22. The summed E-state index contributed by atoms with van der Waals surface area (Å²) >= 11 is 0. The van der Waals surface area contributed by atoms with Gasteiger partial charge in [-0.15, -0.1) is 0 Å². The van der Waals surface area contributed by atoms with E-state index in [1.165, 1.54) is 18.4 Å². The van der Waals surface area contributed by atoms with Gasteiger partial charge in [-0.1, -0.05) is 0 Å². The Morgan fingerprint density at radius 3 is 2.69 bits per heavy atom. The van der Waals surface area contributed by atoms with Crippen LogP contribution < -0.4 is 10.5 Å². The number of hydrogen-bond donors (Lipinski definition) is 2. The third kappa shape index (κ3) is 2.89. The molecule has 1 aromatic carbocycles. The number of nitrogen functional groups attached to an aromatic ring is 1. The maximum atomic E-state index is 9.63. The molecular formula is C13H19NO2. The SMILES string of the molecule is CC(C)(O)COc1ccc(N)cc1C1CC1. The minimum absolute atomic E-state index is 0.302. The summed E-state index contributed by atoms with van der Waals surface area (Å²) in [4.78, 5) is 0. The maximum absolute atomic E-state index is 9.63. The van der Waals surface area contributed by atoms with Gasteiger partial charge in [0.1, 0.15) is 12.4 Å². The topological polar surface area (TPSA) is 55.5 Å². The summed E-state index contributed by atoms with van der Waals surface area (Å²) < 4.78 is 5.65. The van der Waals surface area contributed by atoms with E-state index in [0.717, 1.165) is 11.4 Å². The van der Waals surface area contributed by atoms with Crippen LogP contribution in [0.3, 0.4) is 0 Å². The number of rotatable bonds is 4. The molecule has 0 spiro atoms. The maximum Gasteiger partial charge on any atom is 0.123 e. The predicted octanol–water partition coefficient (Wildman–Crippen LogP) is 2.30. The Kier molecular flexibility index (Phi) is 2.80. The molecule has 0 aliphatic heterocycles. The van der Waals surface area contributed by atoms with Crippen molar-refractivity contribution in [2.75, 3.05) is 12.3 Å². The van der Waals surface area contributed by atoms with E-state index in [4.69, 9.17) is 10.5 Å². The van der Waals surface area contributed by atoms with Crippen LogP contribution in [0.1, 0.15) is 38.2 Å². The number of hydrogen-bond acceptors (Lipinski definition) is 3. The summed E-state index contributed by atoms with van der Waals surface area (Å²) in [5, 5.41) is 9.63. The van der Waals surface area contributed by atoms with Gasteiger partial charge in [-0.05, 0) is 56.4 Å². The van der Waals surface area contributed by atoms with E-state index >= 15 is 0 Å². The van der Waals surface area contributed by atoms with Crippen molar-refractivity contribution in [3.63, 3.8) is 0 Å². The van der Waals surface area contributed by atoms with Gasteiger partial charge in [0.05, 0.1) is 5.60 Å². The number of ether oxygens (including phenoxy) is 1. The molecule has 0 unspecified atom stereocenters. The van der Waals surface area contributed by atoms with E-state index in [0.29, 0.717) is 12.5 Å². The van der Waals surface area contributed by atoms with Gasteiger partial charge in [0, 0.05) is 5.69 Å². The van der Waals surface area contributed by atoms with Crippen molar-refractivity contribution in [3.05, 3.63) is 23.8 Å². The highest BCUT2D eigenvalue weighted by atomic mass is 16.5. The Morgan fingerprint density at radius 2 is 2.12 bits per heavy atom. The van der Waals surface area contributed by atoms with E-state index in [-0.39, 0.29) is 0 Å². The molecule has 16 heavy (non-hydrogen) atoms. The fourth-order valence-corrected chi connectivity index (χ4v) is 1.67. The van der Waals surface area contributed by atoms with Crippen LogP contribution in [-0.2, 0) is 0 Å². The standard InChI is InChI=1S/C13H19NO2/c1-13(2,15)8-16-12-6-5-10(14)7-11(12)9-3-4-9/h5-7,9,15H,3-4,8,14H2,1-2H3. The second kappa shape index (κ2) is 3.98. The van der Waals surface area contributed by atoms with Crippen LogP contribution in [0.25, 0.3) is 0 Å². The average Bonchev–Trinajstić information content (AvgIpc) is 2.97.